The molecule has 4 nitrogen and oxygen atoms in total. The Morgan fingerprint density at radius 2 is 1.89 bits per heavy atom. The molecule has 0 saturated carbocycles. The highest BCUT2D eigenvalue weighted by atomic mass is 16.3. The molecule has 0 spiro atoms. The van der Waals surface area contributed by atoms with Gasteiger partial charge in [0.25, 0.3) is 0 Å². The molecule has 2 heterocycles. The molecule has 19 heavy (non-hydrogen) atoms. The summed E-state index contributed by atoms with van der Waals surface area (Å²) in [7, 11) is 0. The summed E-state index contributed by atoms with van der Waals surface area (Å²) >= 11 is 0. The number of carbonyl (C=O) groups is 1. The molecular weight excluding hydrogens is 240 g/mol. The van der Waals surface area contributed by atoms with E-state index in [0.717, 1.165) is 32.2 Å². The normalized spacial score (nSPS) is 37.4. The van der Waals surface area contributed by atoms with Gasteiger partial charge in [0.2, 0.25) is 5.91 Å². The lowest BCUT2D eigenvalue weighted by molar-refractivity contribution is -0.140. The fourth-order valence-electron chi connectivity index (χ4n) is 3.64. The first-order valence-electron chi connectivity index (χ1n) is 7.65. The molecule has 0 aromatic carbocycles. The molecule has 2 saturated heterocycles. The van der Waals surface area contributed by atoms with E-state index in [1.807, 2.05) is 6.92 Å². The molecule has 4 heteroatoms. The van der Waals surface area contributed by atoms with Gasteiger partial charge >= 0.3 is 0 Å². The van der Waals surface area contributed by atoms with Crippen LogP contribution in [0.5, 0.6) is 0 Å². The van der Waals surface area contributed by atoms with Gasteiger partial charge in [0.05, 0.1) is 12.1 Å². The highest BCUT2D eigenvalue weighted by Crippen LogP contribution is 2.24. The summed E-state index contributed by atoms with van der Waals surface area (Å²) in [5.74, 6) is 0.234. The van der Waals surface area contributed by atoms with Crippen LogP contribution in [0.1, 0.15) is 52.9 Å². The zero-order valence-electron chi connectivity index (χ0n) is 12.6. The first kappa shape index (κ1) is 14.8. The minimum Gasteiger partial charge on any atom is -0.389 e. The maximum absolute atomic E-state index is 12.5. The average Bonchev–Trinajstić information content (AvgIpc) is 2.27. The molecule has 0 aromatic rings. The second kappa shape index (κ2) is 5.80. The fraction of sp³-hybridized carbons (Fsp3) is 0.933. The highest BCUT2D eigenvalue weighted by Gasteiger charge is 2.33. The first-order valence-corrected chi connectivity index (χ1v) is 7.65. The van der Waals surface area contributed by atoms with E-state index in [1.54, 1.807) is 0 Å². The number of carbonyl (C=O) groups excluding carboxylic acids is 1. The third-order valence-electron chi connectivity index (χ3n) is 4.59. The molecule has 3 unspecified atom stereocenters. The second-order valence-corrected chi connectivity index (χ2v) is 6.74. The highest BCUT2D eigenvalue weighted by molar-refractivity contribution is 5.79. The van der Waals surface area contributed by atoms with Crippen LogP contribution in [0.2, 0.25) is 0 Å². The third-order valence-corrected chi connectivity index (χ3v) is 4.59. The van der Waals surface area contributed by atoms with Crippen LogP contribution in [0, 0.1) is 0 Å². The zero-order chi connectivity index (χ0) is 14.0. The lowest BCUT2D eigenvalue weighted by Gasteiger charge is -2.42. The summed E-state index contributed by atoms with van der Waals surface area (Å²) in [6, 6.07) is 0.725. The van der Waals surface area contributed by atoms with Gasteiger partial charge in [-0.15, -0.1) is 0 Å². The molecule has 3 atom stereocenters. The zero-order valence-corrected chi connectivity index (χ0v) is 12.6. The molecule has 0 radical (unpaired) electrons. The summed E-state index contributed by atoms with van der Waals surface area (Å²) in [6.07, 6.45) is 5.28. The molecule has 0 aromatic heterocycles. The lowest BCUT2D eigenvalue weighted by atomic mass is 9.94. The van der Waals surface area contributed by atoms with E-state index < -0.39 is 5.60 Å². The molecule has 110 valence electrons. The van der Waals surface area contributed by atoms with Crippen LogP contribution in [0.25, 0.3) is 0 Å². The Morgan fingerprint density at radius 3 is 2.47 bits per heavy atom. The smallest absolute Gasteiger partial charge is 0.237 e. The van der Waals surface area contributed by atoms with Gasteiger partial charge in [-0.2, -0.15) is 0 Å². The Hall–Kier alpha value is -0.610. The van der Waals surface area contributed by atoms with Gasteiger partial charge < -0.3 is 10.0 Å². The van der Waals surface area contributed by atoms with E-state index in [-0.39, 0.29) is 5.91 Å². The Kier molecular flexibility index (Phi) is 4.51. The molecule has 0 aliphatic carbocycles. The molecule has 0 bridgehead atoms. The molecule has 2 aliphatic rings. The molecule has 1 N–H and O–H groups in total. The van der Waals surface area contributed by atoms with Gasteiger partial charge in [-0.05, 0) is 59.4 Å². The van der Waals surface area contributed by atoms with Crippen LogP contribution in [0.3, 0.4) is 0 Å². The molecule has 2 rings (SSSR count). The van der Waals surface area contributed by atoms with Gasteiger partial charge in [0.15, 0.2) is 0 Å². The minimum absolute atomic E-state index is 0.234. The van der Waals surface area contributed by atoms with E-state index in [9.17, 15) is 9.90 Å². The Labute approximate surface area is 116 Å². The minimum atomic E-state index is -0.627. The predicted molar refractivity (Wildman–Crippen MR) is 75.9 cm³/mol. The number of aliphatic hydroxyl groups is 1. The quantitative estimate of drug-likeness (QED) is 0.827. The summed E-state index contributed by atoms with van der Waals surface area (Å²) in [4.78, 5) is 16.7. The van der Waals surface area contributed by atoms with Crippen molar-refractivity contribution in [1.29, 1.82) is 0 Å². The van der Waals surface area contributed by atoms with Gasteiger partial charge in [-0.3, -0.25) is 9.69 Å². The number of piperidine rings is 2. The predicted octanol–water partition coefficient (Wildman–Crippen LogP) is 1.62. The van der Waals surface area contributed by atoms with E-state index in [2.05, 4.69) is 23.6 Å². The van der Waals surface area contributed by atoms with Crippen molar-refractivity contribution in [1.82, 2.24) is 9.80 Å². The van der Waals surface area contributed by atoms with E-state index >= 15 is 0 Å². The largest absolute Gasteiger partial charge is 0.389 e. The maximum atomic E-state index is 12.5. The van der Waals surface area contributed by atoms with Crippen LogP contribution in [0.4, 0.5) is 0 Å². The van der Waals surface area contributed by atoms with Crippen molar-refractivity contribution in [2.75, 3.05) is 19.6 Å². The molecule has 2 aliphatic heterocycles. The van der Waals surface area contributed by atoms with Crippen LogP contribution in [0.15, 0.2) is 0 Å². The van der Waals surface area contributed by atoms with Crippen molar-refractivity contribution in [2.45, 2.75) is 70.6 Å². The van der Waals surface area contributed by atoms with Gasteiger partial charge in [-0.1, -0.05) is 0 Å². The number of rotatable bonds is 2. The van der Waals surface area contributed by atoms with Gasteiger partial charge in [0.1, 0.15) is 0 Å². The van der Waals surface area contributed by atoms with Crippen LogP contribution < -0.4 is 0 Å². The Balaban J connectivity index is 1.92. The van der Waals surface area contributed by atoms with Crippen LogP contribution in [-0.4, -0.2) is 58.1 Å². The summed E-state index contributed by atoms with van der Waals surface area (Å²) in [5, 5.41) is 10.1. The first-order chi connectivity index (χ1) is 8.89. The Bertz CT molecular complexity index is 320. The van der Waals surface area contributed by atoms with Crippen LogP contribution in [-0.2, 0) is 4.79 Å². The average molecular weight is 268 g/mol. The van der Waals surface area contributed by atoms with Crippen molar-refractivity contribution < 1.29 is 9.90 Å². The number of nitrogens with zero attached hydrogens (tertiary/aromatic N) is 2. The number of β-amino-alcohol motifs (C(OH)–C–C–N with tert-alkyl or cyclic N) is 1. The van der Waals surface area contributed by atoms with Crippen molar-refractivity contribution in [3.63, 3.8) is 0 Å². The van der Waals surface area contributed by atoms with Crippen molar-refractivity contribution in [2.24, 2.45) is 0 Å². The number of hydrogen-bond donors (Lipinski definition) is 1. The molecule has 1 amide bonds. The van der Waals surface area contributed by atoms with E-state index in [4.69, 9.17) is 0 Å². The van der Waals surface area contributed by atoms with Crippen LogP contribution >= 0.6 is 0 Å². The topological polar surface area (TPSA) is 43.8 Å². The number of amides is 1. The summed E-state index contributed by atoms with van der Waals surface area (Å²) < 4.78 is 0. The maximum Gasteiger partial charge on any atom is 0.237 e. The summed E-state index contributed by atoms with van der Waals surface area (Å²) in [6.45, 7) is 8.19. The third kappa shape index (κ3) is 3.69. The Morgan fingerprint density at radius 1 is 1.26 bits per heavy atom. The second-order valence-electron chi connectivity index (χ2n) is 6.74. The van der Waals surface area contributed by atoms with E-state index in [0.29, 0.717) is 25.2 Å². The fourth-order valence-corrected chi connectivity index (χ4v) is 3.64. The number of likely N-dealkylation sites (tertiary alicyclic amines) is 2. The summed E-state index contributed by atoms with van der Waals surface area (Å²) in [5.41, 5.74) is -0.627. The standard InChI is InChI=1S/C15H28N2O2/c1-12-6-4-7-13(2)17(12)14(18)10-16-9-5-8-15(3,19)11-16/h12-13,19H,4-11H2,1-3H3. The molecular formula is C15H28N2O2. The van der Waals surface area contributed by atoms with Crippen molar-refractivity contribution in [3.8, 4) is 0 Å². The van der Waals surface area contributed by atoms with E-state index in [1.165, 1.54) is 6.42 Å². The monoisotopic (exact) mass is 268 g/mol. The van der Waals surface area contributed by atoms with Gasteiger partial charge in [-0.25, -0.2) is 0 Å². The SMILES string of the molecule is CC1CCCC(C)N1C(=O)CN1CCCC(C)(O)C1. The number of hydrogen-bond acceptors (Lipinski definition) is 3. The van der Waals surface area contributed by atoms with Gasteiger partial charge in [0, 0.05) is 18.6 Å². The lowest BCUT2D eigenvalue weighted by Crippen LogP contribution is -2.54. The van der Waals surface area contributed by atoms with Crippen molar-refractivity contribution in [3.05, 3.63) is 0 Å². The molecule has 2 fully saturated rings. The van der Waals surface area contributed by atoms with Crippen molar-refractivity contribution >= 4 is 5.91 Å².